The average molecular weight is 314 g/mol. The summed E-state index contributed by atoms with van der Waals surface area (Å²) in [6, 6.07) is 3.75. The number of aromatic nitrogens is 2. The topological polar surface area (TPSA) is 67.2 Å². The fraction of sp³-hybridized carbons (Fsp3) is 0.417. The first-order valence-corrected chi connectivity index (χ1v) is 8.48. The molecule has 0 atom stereocenters. The molecule has 0 aromatic carbocycles. The zero-order valence-corrected chi connectivity index (χ0v) is 13.3. The number of sulfonamides is 1. The third-order valence-electron chi connectivity index (χ3n) is 2.69. The zero-order valence-electron chi connectivity index (χ0n) is 11.7. The summed E-state index contributed by atoms with van der Waals surface area (Å²) in [6.07, 6.45) is 1.53. The first-order chi connectivity index (χ1) is 9.40. The fourth-order valence-corrected chi connectivity index (χ4v) is 3.73. The molecule has 0 bridgehead atoms. The highest BCUT2D eigenvalue weighted by Crippen LogP contribution is 2.29. The van der Waals surface area contributed by atoms with Crippen LogP contribution in [0.15, 0.2) is 28.6 Å². The van der Waals surface area contributed by atoms with Gasteiger partial charge in [0.25, 0.3) is 0 Å². The summed E-state index contributed by atoms with van der Waals surface area (Å²) < 4.78 is 28.9. The van der Waals surface area contributed by atoms with Crippen LogP contribution in [-0.4, -0.2) is 50.3 Å². The van der Waals surface area contributed by atoms with Crippen LogP contribution in [0.4, 0.5) is 0 Å². The molecule has 6 nitrogen and oxygen atoms in total. The minimum atomic E-state index is -3.55. The second kappa shape index (κ2) is 6.04. The molecule has 0 fully saturated rings. The van der Waals surface area contributed by atoms with Crippen LogP contribution < -0.4 is 4.72 Å². The molecule has 20 heavy (non-hydrogen) atoms. The van der Waals surface area contributed by atoms with E-state index in [1.54, 1.807) is 7.05 Å². The molecule has 0 saturated heterocycles. The summed E-state index contributed by atoms with van der Waals surface area (Å²) in [5, 5.41) is 6.16. The molecule has 2 rings (SSSR count). The Bertz CT molecular complexity index is 660. The van der Waals surface area contributed by atoms with Crippen LogP contribution in [0.25, 0.3) is 10.6 Å². The van der Waals surface area contributed by atoms with E-state index in [4.69, 9.17) is 0 Å². The van der Waals surface area contributed by atoms with E-state index < -0.39 is 10.0 Å². The molecule has 1 N–H and O–H groups in total. The van der Waals surface area contributed by atoms with Crippen LogP contribution in [-0.2, 0) is 17.1 Å². The van der Waals surface area contributed by atoms with E-state index in [-0.39, 0.29) is 4.90 Å². The van der Waals surface area contributed by atoms with Crippen LogP contribution in [0.3, 0.4) is 0 Å². The molecule has 2 aromatic heterocycles. The second-order valence-electron chi connectivity index (χ2n) is 4.69. The Hall–Kier alpha value is -1.22. The maximum atomic E-state index is 12.4. The molecule has 0 saturated carbocycles. The van der Waals surface area contributed by atoms with Gasteiger partial charge in [-0.1, -0.05) is 6.07 Å². The van der Waals surface area contributed by atoms with Gasteiger partial charge in [-0.25, -0.2) is 13.1 Å². The summed E-state index contributed by atoms with van der Waals surface area (Å²) >= 11 is 1.47. The van der Waals surface area contributed by atoms with Crippen LogP contribution in [0, 0.1) is 0 Å². The first kappa shape index (κ1) is 15.2. The number of nitrogens with zero attached hydrogens (tertiary/aromatic N) is 3. The van der Waals surface area contributed by atoms with E-state index in [0.717, 1.165) is 4.88 Å². The van der Waals surface area contributed by atoms with Crippen molar-refractivity contribution in [3.8, 4) is 10.6 Å². The van der Waals surface area contributed by atoms with Gasteiger partial charge in [0.15, 0.2) is 0 Å². The Morgan fingerprint density at radius 1 is 1.45 bits per heavy atom. The Labute approximate surface area is 123 Å². The fourth-order valence-electron chi connectivity index (χ4n) is 1.73. The Morgan fingerprint density at radius 2 is 2.20 bits per heavy atom. The highest BCUT2D eigenvalue weighted by molar-refractivity contribution is 7.89. The zero-order chi connectivity index (χ0) is 14.8. The summed E-state index contributed by atoms with van der Waals surface area (Å²) in [7, 11) is 1.97. The summed E-state index contributed by atoms with van der Waals surface area (Å²) in [6.45, 7) is 1.02. The van der Waals surface area contributed by atoms with Crippen LogP contribution in [0.2, 0.25) is 0 Å². The van der Waals surface area contributed by atoms with Crippen molar-refractivity contribution in [1.29, 1.82) is 0 Å². The molecule has 2 heterocycles. The molecule has 110 valence electrons. The van der Waals surface area contributed by atoms with E-state index >= 15 is 0 Å². The number of thiophene rings is 1. The Morgan fingerprint density at radius 3 is 2.80 bits per heavy atom. The van der Waals surface area contributed by atoms with Crippen molar-refractivity contribution in [3.05, 3.63) is 23.7 Å². The number of rotatable bonds is 6. The molecule has 0 aliphatic heterocycles. The maximum Gasteiger partial charge on any atom is 0.244 e. The Balaban J connectivity index is 2.28. The van der Waals surface area contributed by atoms with Gasteiger partial charge in [0.05, 0.1) is 4.88 Å². The van der Waals surface area contributed by atoms with E-state index in [0.29, 0.717) is 18.8 Å². The van der Waals surface area contributed by atoms with Gasteiger partial charge in [0.2, 0.25) is 10.0 Å². The molecule has 0 aliphatic carbocycles. The number of hydrogen-bond acceptors (Lipinski definition) is 5. The highest BCUT2D eigenvalue weighted by atomic mass is 32.2. The maximum absolute atomic E-state index is 12.4. The molecule has 0 unspecified atom stereocenters. The van der Waals surface area contributed by atoms with Crippen molar-refractivity contribution in [1.82, 2.24) is 19.4 Å². The molecule has 0 amide bonds. The van der Waals surface area contributed by atoms with Gasteiger partial charge in [-0.05, 0) is 25.5 Å². The first-order valence-electron chi connectivity index (χ1n) is 6.12. The van der Waals surface area contributed by atoms with Gasteiger partial charge in [0.1, 0.15) is 10.6 Å². The third kappa shape index (κ3) is 3.45. The van der Waals surface area contributed by atoms with Crippen molar-refractivity contribution in [2.45, 2.75) is 4.90 Å². The molecule has 0 aliphatic rings. The SMILES string of the molecule is CN(C)CCNS(=O)(=O)c1cn(C)nc1-c1cccs1. The van der Waals surface area contributed by atoms with Gasteiger partial charge in [-0.3, -0.25) is 4.68 Å². The van der Waals surface area contributed by atoms with E-state index in [1.165, 1.54) is 22.2 Å². The molecule has 8 heteroatoms. The molecule has 0 radical (unpaired) electrons. The number of hydrogen-bond donors (Lipinski definition) is 1. The van der Waals surface area contributed by atoms with Crippen LogP contribution in [0.5, 0.6) is 0 Å². The lowest BCUT2D eigenvalue weighted by atomic mass is 10.3. The van der Waals surface area contributed by atoms with Crippen molar-refractivity contribution >= 4 is 21.4 Å². The van der Waals surface area contributed by atoms with Crippen molar-refractivity contribution < 1.29 is 8.42 Å². The van der Waals surface area contributed by atoms with Gasteiger partial charge in [0, 0.05) is 26.3 Å². The molecular weight excluding hydrogens is 296 g/mol. The quantitative estimate of drug-likeness (QED) is 0.863. The van der Waals surface area contributed by atoms with Gasteiger partial charge >= 0.3 is 0 Å². The lowest BCUT2D eigenvalue weighted by Gasteiger charge is -2.10. The second-order valence-corrected chi connectivity index (χ2v) is 7.38. The van der Waals surface area contributed by atoms with Gasteiger partial charge in [-0.15, -0.1) is 11.3 Å². The summed E-state index contributed by atoms with van der Waals surface area (Å²) in [5.41, 5.74) is 0.500. The van der Waals surface area contributed by atoms with Crippen LogP contribution >= 0.6 is 11.3 Å². The predicted octanol–water partition coefficient (Wildman–Crippen LogP) is 0.989. The highest BCUT2D eigenvalue weighted by Gasteiger charge is 2.23. The molecule has 2 aromatic rings. The third-order valence-corrected chi connectivity index (χ3v) is 5.03. The summed E-state index contributed by atoms with van der Waals surface area (Å²) in [4.78, 5) is 2.99. The van der Waals surface area contributed by atoms with Crippen molar-refractivity contribution in [3.63, 3.8) is 0 Å². The van der Waals surface area contributed by atoms with Gasteiger partial charge < -0.3 is 4.90 Å². The van der Waals surface area contributed by atoms with Crippen LogP contribution in [0.1, 0.15) is 0 Å². The largest absolute Gasteiger partial charge is 0.308 e. The minimum absolute atomic E-state index is 0.223. The van der Waals surface area contributed by atoms with E-state index in [9.17, 15) is 8.42 Å². The minimum Gasteiger partial charge on any atom is -0.308 e. The summed E-state index contributed by atoms with van der Waals surface area (Å²) in [5.74, 6) is 0. The number of likely N-dealkylation sites (N-methyl/N-ethyl adjacent to an activating group) is 1. The van der Waals surface area contributed by atoms with Crippen molar-refractivity contribution in [2.24, 2.45) is 7.05 Å². The standard InChI is InChI=1S/C12H18N4O2S2/c1-15(2)7-6-13-20(17,18)11-9-16(3)14-12(11)10-5-4-8-19-10/h4-5,8-9,13H,6-7H2,1-3H3. The van der Waals surface area contributed by atoms with E-state index in [2.05, 4.69) is 9.82 Å². The Kier molecular flexibility index (Phi) is 4.59. The average Bonchev–Trinajstić information content (AvgIpc) is 2.96. The molecular formula is C12H18N4O2S2. The number of aryl methyl sites for hydroxylation is 1. The normalized spacial score (nSPS) is 12.2. The van der Waals surface area contributed by atoms with Gasteiger partial charge in [-0.2, -0.15) is 5.10 Å². The smallest absolute Gasteiger partial charge is 0.244 e. The lowest BCUT2D eigenvalue weighted by molar-refractivity contribution is 0.412. The predicted molar refractivity (Wildman–Crippen MR) is 80.3 cm³/mol. The number of nitrogens with one attached hydrogen (secondary N) is 1. The molecule has 0 spiro atoms. The lowest BCUT2D eigenvalue weighted by Crippen LogP contribution is -2.31. The van der Waals surface area contributed by atoms with E-state index in [1.807, 2.05) is 36.5 Å². The van der Waals surface area contributed by atoms with Crippen molar-refractivity contribution in [2.75, 3.05) is 27.2 Å². The monoisotopic (exact) mass is 314 g/mol.